The van der Waals surface area contributed by atoms with Gasteiger partial charge < -0.3 is 4.90 Å². The van der Waals surface area contributed by atoms with Gasteiger partial charge in [-0.3, -0.25) is 14.9 Å². The minimum Gasteiger partial charge on any atom is -0.338 e. The van der Waals surface area contributed by atoms with Crippen LogP contribution in [0.5, 0.6) is 0 Å². The van der Waals surface area contributed by atoms with Gasteiger partial charge in [-0.2, -0.15) is 0 Å². The molecule has 0 radical (unpaired) electrons. The Labute approximate surface area is 131 Å². The number of amides is 1. The van der Waals surface area contributed by atoms with Crippen molar-refractivity contribution in [1.29, 1.82) is 0 Å². The third kappa shape index (κ3) is 4.45. The standard InChI is InChI=1S/C13H16BrClN2O3/c1-2-3-7-16(8-6-14)13(18)11-5-4-10(15)9-12(11)17(19)20/h4-5,9H,2-3,6-8H2,1H3. The highest BCUT2D eigenvalue weighted by Crippen LogP contribution is 2.24. The Bertz CT molecular complexity index is 497. The number of rotatable bonds is 7. The topological polar surface area (TPSA) is 63.5 Å². The lowest BCUT2D eigenvalue weighted by Gasteiger charge is -2.21. The fraction of sp³-hybridized carbons (Fsp3) is 0.462. The van der Waals surface area contributed by atoms with Crippen molar-refractivity contribution < 1.29 is 9.72 Å². The van der Waals surface area contributed by atoms with E-state index in [1.165, 1.54) is 18.2 Å². The van der Waals surface area contributed by atoms with Crippen molar-refractivity contribution >= 4 is 39.1 Å². The Morgan fingerprint density at radius 1 is 1.45 bits per heavy atom. The van der Waals surface area contributed by atoms with Gasteiger partial charge in [0.1, 0.15) is 5.56 Å². The van der Waals surface area contributed by atoms with Gasteiger partial charge in [0.15, 0.2) is 0 Å². The van der Waals surface area contributed by atoms with Crippen molar-refractivity contribution in [2.45, 2.75) is 19.8 Å². The van der Waals surface area contributed by atoms with Crippen LogP contribution in [0.1, 0.15) is 30.1 Å². The number of nitro benzene ring substituents is 1. The second-order valence-electron chi connectivity index (χ2n) is 4.25. The summed E-state index contributed by atoms with van der Waals surface area (Å²) in [7, 11) is 0. The number of hydrogen-bond acceptors (Lipinski definition) is 3. The molecule has 0 N–H and O–H groups in total. The first-order chi connectivity index (χ1) is 9.51. The van der Waals surface area contributed by atoms with E-state index in [0.29, 0.717) is 18.4 Å². The van der Waals surface area contributed by atoms with Gasteiger partial charge in [-0.05, 0) is 18.6 Å². The molecule has 0 fully saturated rings. The number of benzene rings is 1. The van der Waals surface area contributed by atoms with Crippen LogP contribution in [-0.4, -0.2) is 34.2 Å². The molecule has 0 unspecified atom stereocenters. The Morgan fingerprint density at radius 3 is 2.70 bits per heavy atom. The molecule has 0 aromatic heterocycles. The number of carbonyl (C=O) groups is 1. The molecule has 7 heteroatoms. The van der Waals surface area contributed by atoms with Crippen LogP contribution in [0.2, 0.25) is 5.02 Å². The van der Waals surface area contributed by atoms with E-state index >= 15 is 0 Å². The van der Waals surface area contributed by atoms with Crippen LogP contribution in [0, 0.1) is 10.1 Å². The third-order valence-electron chi connectivity index (χ3n) is 2.81. The molecule has 0 atom stereocenters. The van der Waals surface area contributed by atoms with Crippen molar-refractivity contribution in [3.8, 4) is 0 Å². The fourth-order valence-electron chi connectivity index (χ4n) is 1.77. The SMILES string of the molecule is CCCCN(CCBr)C(=O)c1ccc(Cl)cc1[N+](=O)[O-]. The van der Waals surface area contributed by atoms with Gasteiger partial charge in [-0.1, -0.05) is 40.9 Å². The predicted molar refractivity (Wildman–Crippen MR) is 82.7 cm³/mol. The number of hydrogen-bond donors (Lipinski definition) is 0. The first kappa shape index (κ1) is 16.9. The van der Waals surface area contributed by atoms with E-state index in [-0.39, 0.29) is 22.2 Å². The zero-order valence-electron chi connectivity index (χ0n) is 11.1. The molecular formula is C13H16BrClN2O3. The number of unbranched alkanes of at least 4 members (excludes halogenated alkanes) is 1. The summed E-state index contributed by atoms with van der Waals surface area (Å²) in [4.78, 5) is 24.5. The van der Waals surface area contributed by atoms with Crippen LogP contribution < -0.4 is 0 Å². The average molecular weight is 364 g/mol. The van der Waals surface area contributed by atoms with E-state index in [4.69, 9.17) is 11.6 Å². The monoisotopic (exact) mass is 362 g/mol. The molecule has 0 saturated carbocycles. The minimum atomic E-state index is -0.578. The fourth-order valence-corrected chi connectivity index (χ4v) is 2.37. The van der Waals surface area contributed by atoms with Gasteiger partial charge in [0.05, 0.1) is 4.92 Å². The Hall–Kier alpha value is -1.14. The summed E-state index contributed by atoms with van der Waals surface area (Å²) in [5.41, 5.74) is -0.171. The summed E-state index contributed by atoms with van der Waals surface area (Å²) >= 11 is 9.05. The molecule has 20 heavy (non-hydrogen) atoms. The van der Waals surface area contributed by atoms with Crippen LogP contribution in [0.15, 0.2) is 18.2 Å². The molecule has 1 aromatic rings. The predicted octanol–water partition coefficient (Wildman–Crippen LogP) is 3.89. The zero-order valence-corrected chi connectivity index (χ0v) is 13.5. The van der Waals surface area contributed by atoms with Crippen LogP contribution in [-0.2, 0) is 0 Å². The summed E-state index contributed by atoms with van der Waals surface area (Å²) in [6, 6.07) is 4.12. The molecule has 0 bridgehead atoms. The molecule has 0 saturated heterocycles. The van der Waals surface area contributed by atoms with Gasteiger partial charge in [0, 0.05) is 29.5 Å². The minimum absolute atomic E-state index is 0.0800. The van der Waals surface area contributed by atoms with Gasteiger partial charge in [0.25, 0.3) is 11.6 Å². The normalized spacial score (nSPS) is 10.3. The Balaban J connectivity index is 3.07. The van der Waals surface area contributed by atoms with Crippen molar-refractivity contribution in [3.63, 3.8) is 0 Å². The van der Waals surface area contributed by atoms with Gasteiger partial charge in [-0.25, -0.2) is 0 Å². The molecule has 0 spiro atoms. The van der Waals surface area contributed by atoms with Gasteiger partial charge in [-0.15, -0.1) is 0 Å². The van der Waals surface area contributed by atoms with E-state index in [1.807, 2.05) is 6.92 Å². The number of nitro groups is 1. The summed E-state index contributed by atoms with van der Waals surface area (Å²) in [5, 5.41) is 11.9. The van der Waals surface area contributed by atoms with Crippen LogP contribution in [0.25, 0.3) is 0 Å². The van der Waals surface area contributed by atoms with Crippen LogP contribution in [0.3, 0.4) is 0 Å². The number of nitrogens with zero attached hydrogens (tertiary/aromatic N) is 2. The average Bonchev–Trinajstić information content (AvgIpc) is 2.42. The highest BCUT2D eigenvalue weighted by molar-refractivity contribution is 9.09. The molecule has 0 heterocycles. The lowest BCUT2D eigenvalue weighted by molar-refractivity contribution is -0.385. The molecule has 1 amide bonds. The maximum atomic E-state index is 12.4. The first-order valence-corrected chi connectivity index (χ1v) is 7.80. The highest BCUT2D eigenvalue weighted by Gasteiger charge is 2.24. The largest absolute Gasteiger partial charge is 0.338 e. The molecule has 110 valence electrons. The van der Waals surface area contributed by atoms with E-state index < -0.39 is 4.92 Å². The number of halogens is 2. The van der Waals surface area contributed by atoms with Crippen molar-refractivity contribution in [1.82, 2.24) is 4.90 Å². The smallest absolute Gasteiger partial charge is 0.283 e. The first-order valence-electron chi connectivity index (χ1n) is 6.30. The summed E-state index contributed by atoms with van der Waals surface area (Å²) < 4.78 is 0. The maximum Gasteiger partial charge on any atom is 0.283 e. The molecule has 0 aliphatic rings. The quantitative estimate of drug-likeness (QED) is 0.419. The maximum absolute atomic E-state index is 12.4. The molecule has 0 aliphatic heterocycles. The summed E-state index contributed by atoms with van der Waals surface area (Å²) in [5.74, 6) is -0.332. The molecule has 1 rings (SSSR count). The lowest BCUT2D eigenvalue weighted by atomic mass is 10.1. The summed E-state index contributed by atoms with van der Waals surface area (Å²) in [6.45, 7) is 3.13. The highest BCUT2D eigenvalue weighted by atomic mass is 79.9. The summed E-state index contributed by atoms with van der Waals surface area (Å²) in [6.07, 6.45) is 1.81. The van der Waals surface area contributed by atoms with E-state index in [1.54, 1.807) is 4.90 Å². The molecule has 0 aliphatic carbocycles. The molecule has 5 nitrogen and oxygen atoms in total. The second kappa shape index (κ2) is 8.21. The number of alkyl halides is 1. The zero-order chi connectivity index (χ0) is 15.1. The van der Waals surface area contributed by atoms with E-state index in [9.17, 15) is 14.9 Å². The van der Waals surface area contributed by atoms with Crippen molar-refractivity contribution in [2.75, 3.05) is 18.4 Å². The van der Waals surface area contributed by atoms with Crippen LogP contribution in [0.4, 0.5) is 5.69 Å². The molecular weight excluding hydrogens is 348 g/mol. The van der Waals surface area contributed by atoms with Gasteiger partial charge in [0.2, 0.25) is 0 Å². The lowest BCUT2D eigenvalue weighted by Crippen LogP contribution is -2.34. The Kier molecular flexibility index (Phi) is 6.95. The Morgan fingerprint density at radius 2 is 2.15 bits per heavy atom. The van der Waals surface area contributed by atoms with Crippen molar-refractivity contribution in [3.05, 3.63) is 38.9 Å². The third-order valence-corrected chi connectivity index (χ3v) is 3.40. The van der Waals surface area contributed by atoms with Crippen molar-refractivity contribution in [2.24, 2.45) is 0 Å². The number of carbonyl (C=O) groups excluding carboxylic acids is 1. The van der Waals surface area contributed by atoms with E-state index in [0.717, 1.165) is 12.8 Å². The molecule has 1 aromatic carbocycles. The second-order valence-corrected chi connectivity index (χ2v) is 5.48. The van der Waals surface area contributed by atoms with Gasteiger partial charge >= 0.3 is 0 Å². The van der Waals surface area contributed by atoms with E-state index in [2.05, 4.69) is 15.9 Å². The van der Waals surface area contributed by atoms with Crippen LogP contribution >= 0.6 is 27.5 Å².